The molecular weight excluding hydrogens is 568 g/mol. The molecular formula is C26H21Br2ClN2O2. The molecule has 0 aliphatic heterocycles. The molecule has 0 aliphatic rings. The van der Waals surface area contributed by atoms with Gasteiger partial charge in [-0.15, -0.1) is 0 Å². The summed E-state index contributed by atoms with van der Waals surface area (Å²) in [5.41, 5.74) is 4.18. The molecule has 4 nitrogen and oxygen atoms in total. The van der Waals surface area contributed by atoms with Crippen molar-refractivity contribution in [1.29, 1.82) is 5.26 Å². The highest BCUT2D eigenvalue weighted by Crippen LogP contribution is 2.34. The Labute approximate surface area is 215 Å². The zero-order valence-corrected chi connectivity index (χ0v) is 22.0. The molecule has 33 heavy (non-hydrogen) atoms. The fraction of sp³-hybridized carbons (Fsp3) is 0.154. The molecule has 0 fully saturated rings. The first-order valence-corrected chi connectivity index (χ1v) is 12.2. The Morgan fingerprint density at radius 2 is 1.91 bits per heavy atom. The molecule has 0 saturated carbocycles. The fourth-order valence-corrected chi connectivity index (χ4v) is 4.39. The number of rotatable bonds is 7. The largest absolute Gasteiger partial charge is 0.494 e. The molecule has 0 heterocycles. The van der Waals surface area contributed by atoms with Crippen molar-refractivity contribution < 1.29 is 9.53 Å². The Bertz CT molecular complexity index is 1270. The number of carbonyl (C=O) groups excluding carboxylic acids is 1. The summed E-state index contributed by atoms with van der Waals surface area (Å²) < 4.78 is 7.74. The second-order valence-corrected chi connectivity index (χ2v) is 9.38. The minimum absolute atomic E-state index is 0.0281. The molecule has 7 heteroatoms. The number of benzene rings is 3. The summed E-state index contributed by atoms with van der Waals surface area (Å²) in [4.78, 5) is 12.7. The third-order valence-electron chi connectivity index (χ3n) is 4.91. The van der Waals surface area contributed by atoms with Crippen molar-refractivity contribution in [1.82, 2.24) is 0 Å². The maximum atomic E-state index is 12.7. The number of carbonyl (C=O) groups is 1. The highest BCUT2D eigenvalue weighted by Gasteiger charge is 2.15. The molecule has 0 atom stereocenters. The van der Waals surface area contributed by atoms with E-state index in [1.807, 2.05) is 56.3 Å². The molecule has 168 valence electrons. The second-order valence-electron chi connectivity index (χ2n) is 7.27. The summed E-state index contributed by atoms with van der Waals surface area (Å²) in [7, 11) is 0. The Morgan fingerprint density at radius 3 is 2.58 bits per heavy atom. The van der Waals surface area contributed by atoms with Gasteiger partial charge < -0.3 is 10.1 Å². The van der Waals surface area contributed by atoms with E-state index in [-0.39, 0.29) is 5.57 Å². The minimum Gasteiger partial charge on any atom is -0.494 e. The molecule has 0 aromatic heterocycles. The van der Waals surface area contributed by atoms with Crippen molar-refractivity contribution in [2.75, 3.05) is 11.9 Å². The van der Waals surface area contributed by atoms with Crippen LogP contribution in [0.1, 0.15) is 29.2 Å². The number of nitrogens with zero attached hydrogens (tertiary/aromatic N) is 1. The van der Waals surface area contributed by atoms with Crippen LogP contribution in [0, 0.1) is 18.3 Å². The first-order valence-electron chi connectivity index (χ1n) is 10.2. The normalized spacial score (nSPS) is 11.1. The van der Waals surface area contributed by atoms with Crippen LogP contribution >= 0.6 is 43.5 Å². The topological polar surface area (TPSA) is 62.1 Å². The highest BCUT2D eigenvalue weighted by molar-refractivity contribution is 9.10. The summed E-state index contributed by atoms with van der Waals surface area (Å²) in [6, 6.07) is 18.9. The molecule has 3 rings (SSSR count). The molecule has 0 spiro atoms. The van der Waals surface area contributed by atoms with Gasteiger partial charge in [0.1, 0.15) is 17.4 Å². The Kier molecular flexibility index (Phi) is 8.74. The van der Waals surface area contributed by atoms with Crippen LogP contribution in [-0.4, -0.2) is 12.5 Å². The van der Waals surface area contributed by atoms with Crippen molar-refractivity contribution in [2.24, 2.45) is 0 Å². The maximum Gasteiger partial charge on any atom is 0.266 e. The van der Waals surface area contributed by atoms with Gasteiger partial charge in [-0.3, -0.25) is 4.79 Å². The van der Waals surface area contributed by atoms with Crippen molar-refractivity contribution in [3.8, 4) is 11.8 Å². The molecule has 0 unspecified atom stereocenters. The lowest BCUT2D eigenvalue weighted by molar-refractivity contribution is -0.112. The Morgan fingerprint density at radius 1 is 1.15 bits per heavy atom. The van der Waals surface area contributed by atoms with Crippen molar-refractivity contribution in [2.45, 2.75) is 20.3 Å². The van der Waals surface area contributed by atoms with Gasteiger partial charge in [-0.1, -0.05) is 67.7 Å². The number of amides is 1. The lowest BCUT2D eigenvalue weighted by Crippen LogP contribution is -2.13. The third-order valence-corrected chi connectivity index (χ3v) is 6.80. The van der Waals surface area contributed by atoms with Crippen LogP contribution in [0.2, 0.25) is 5.02 Å². The molecule has 0 aliphatic carbocycles. The van der Waals surface area contributed by atoms with Crippen LogP contribution in [0.15, 0.2) is 69.1 Å². The molecule has 3 aromatic rings. The number of nitrogens with one attached hydrogen (secondary N) is 1. The lowest BCUT2D eigenvalue weighted by atomic mass is 10.0. The standard InChI is InChI=1S/C26H21Br2ClN2O2/c1-3-33-25-12-17(11-23(28)21(25)13-18-6-4-5-7-22(18)27)10-19(15-30)26(32)31-20-9-8-16(2)24(29)14-20/h4-12,14H,3,13H2,1-2H3,(H,31,32)/b19-10+. The molecule has 0 bridgehead atoms. The lowest BCUT2D eigenvalue weighted by Gasteiger charge is -2.15. The number of aryl methyl sites for hydroxylation is 1. The van der Waals surface area contributed by atoms with E-state index >= 15 is 0 Å². The van der Waals surface area contributed by atoms with Crippen LogP contribution < -0.4 is 10.1 Å². The Balaban J connectivity index is 1.92. The first-order chi connectivity index (χ1) is 15.8. The van der Waals surface area contributed by atoms with Gasteiger partial charge >= 0.3 is 0 Å². The number of halogens is 3. The smallest absolute Gasteiger partial charge is 0.266 e. The van der Waals surface area contributed by atoms with E-state index in [4.69, 9.17) is 16.3 Å². The van der Waals surface area contributed by atoms with E-state index in [0.717, 1.165) is 25.6 Å². The van der Waals surface area contributed by atoms with Gasteiger partial charge in [0.05, 0.1) is 6.61 Å². The molecule has 1 amide bonds. The van der Waals surface area contributed by atoms with Crippen LogP contribution in [0.4, 0.5) is 5.69 Å². The summed E-state index contributed by atoms with van der Waals surface area (Å²) in [6.07, 6.45) is 2.20. The molecule has 0 saturated heterocycles. The van der Waals surface area contributed by atoms with Gasteiger partial charge in [-0.2, -0.15) is 5.26 Å². The quantitative estimate of drug-likeness (QED) is 0.227. The van der Waals surface area contributed by atoms with Crippen LogP contribution in [0.3, 0.4) is 0 Å². The van der Waals surface area contributed by atoms with E-state index in [1.54, 1.807) is 18.2 Å². The van der Waals surface area contributed by atoms with Crippen LogP contribution in [0.25, 0.3) is 6.08 Å². The zero-order chi connectivity index (χ0) is 24.0. The molecule has 1 N–H and O–H groups in total. The molecule has 3 aromatic carbocycles. The number of hydrogen-bond donors (Lipinski definition) is 1. The van der Waals surface area contributed by atoms with E-state index < -0.39 is 5.91 Å². The van der Waals surface area contributed by atoms with E-state index in [2.05, 4.69) is 43.2 Å². The van der Waals surface area contributed by atoms with Gasteiger partial charge in [0.15, 0.2) is 0 Å². The van der Waals surface area contributed by atoms with Gasteiger partial charge in [0.25, 0.3) is 5.91 Å². The van der Waals surface area contributed by atoms with E-state index in [9.17, 15) is 10.1 Å². The van der Waals surface area contributed by atoms with Crippen LogP contribution in [-0.2, 0) is 11.2 Å². The van der Waals surface area contributed by atoms with Gasteiger partial charge in [-0.25, -0.2) is 0 Å². The summed E-state index contributed by atoms with van der Waals surface area (Å²) in [5, 5.41) is 12.9. The molecule has 0 radical (unpaired) electrons. The number of ether oxygens (including phenoxy) is 1. The summed E-state index contributed by atoms with van der Waals surface area (Å²) in [6.45, 7) is 4.28. The van der Waals surface area contributed by atoms with Gasteiger partial charge in [0, 0.05) is 31.6 Å². The second kappa shape index (κ2) is 11.5. The number of anilines is 1. The van der Waals surface area contributed by atoms with Gasteiger partial charge in [0.2, 0.25) is 0 Å². The predicted molar refractivity (Wildman–Crippen MR) is 141 cm³/mol. The highest BCUT2D eigenvalue weighted by atomic mass is 79.9. The monoisotopic (exact) mass is 586 g/mol. The third kappa shape index (κ3) is 6.48. The van der Waals surface area contributed by atoms with Crippen LogP contribution in [0.5, 0.6) is 5.75 Å². The van der Waals surface area contributed by atoms with Crippen molar-refractivity contribution in [3.63, 3.8) is 0 Å². The summed E-state index contributed by atoms with van der Waals surface area (Å²) in [5.74, 6) is 0.181. The first kappa shape index (κ1) is 25.0. The van der Waals surface area contributed by atoms with E-state index in [1.165, 1.54) is 0 Å². The van der Waals surface area contributed by atoms with Gasteiger partial charge in [-0.05, 0) is 66.9 Å². The minimum atomic E-state index is -0.510. The predicted octanol–water partition coefficient (Wildman–Crippen LogP) is 7.71. The van der Waals surface area contributed by atoms with Crippen molar-refractivity contribution >= 4 is 61.1 Å². The zero-order valence-electron chi connectivity index (χ0n) is 18.1. The van der Waals surface area contributed by atoms with E-state index in [0.29, 0.717) is 35.1 Å². The fourth-order valence-electron chi connectivity index (χ4n) is 3.19. The van der Waals surface area contributed by atoms with Crippen molar-refractivity contribution in [3.05, 3.63) is 96.4 Å². The Hall–Kier alpha value is -2.59. The number of hydrogen-bond acceptors (Lipinski definition) is 3. The summed E-state index contributed by atoms with van der Waals surface area (Å²) >= 11 is 13.4. The maximum absolute atomic E-state index is 12.7. The average Bonchev–Trinajstić information content (AvgIpc) is 2.78. The number of nitriles is 1. The average molecular weight is 589 g/mol. The SMILES string of the molecule is CCOc1cc(/C=C(\C#N)C(=O)Nc2ccc(C)c(Cl)c2)cc(Br)c1Cc1ccccc1Br.